The number of carbonyl (C=O) groups is 3. The van der Waals surface area contributed by atoms with E-state index in [9.17, 15) is 89.4 Å². The first-order valence-electron chi connectivity index (χ1n) is 41.0. The van der Waals surface area contributed by atoms with Crippen molar-refractivity contribution in [2.24, 2.45) is 17.8 Å². The molecule has 4 N–H and O–H groups in total. The fraction of sp³-hybridized carbons (Fsp3) is 0.441. The molecule has 0 radical (unpaired) electrons. The highest BCUT2D eigenvalue weighted by atomic mass is 19.2. The summed E-state index contributed by atoms with van der Waals surface area (Å²) >= 11 is 0. The van der Waals surface area contributed by atoms with Crippen molar-refractivity contribution < 1.29 is 88.5 Å². The third kappa shape index (κ3) is 19.2. The summed E-state index contributed by atoms with van der Waals surface area (Å²) in [5, 5.41) is 70.9. The zero-order valence-corrected chi connectivity index (χ0v) is 70.1. The van der Waals surface area contributed by atoms with E-state index in [0.717, 1.165) is 88.2 Å². The lowest BCUT2D eigenvalue weighted by molar-refractivity contribution is -0.394. The van der Waals surface area contributed by atoms with E-state index in [1.807, 2.05) is 30.0 Å². The summed E-state index contributed by atoms with van der Waals surface area (Å²) in [6.45, 7) is 22.6. The number of likely N-dealkylation sites (N-methyl/N-ethyl adjacent to an activating group) is 2. The number of nitriles is 2. The number of nitro groups is 2. The van der Waals surface area contributed by atoms with Gasteiger partial charge in [0.15, 0.2) is 52.2 Å². The number of fused-ring (bicyclic) bond motifs is 5. The Kier molecular flexibility index (Phi) is 31.2. The van der Waals surface area contributed by atoms with Crippen LogP contribution in [-0.4, -0.2) is 137 Å². The summed E-state index contributed by atoms with van der Waals surface area (Å²) in [7, 11) is 4.34. The molecule has 5 aliphatic carbocycles. The van der Waals surface area contributed by atoms with Gasteiger partial charge in [0, 0.05) is 111 Å². The van der Waals surface area contributed by atoms with Crippen molar-refractivity contribution in [3.05, 3.63) is 242 Å². The number of aliphatic hydroxyl groups is 1. The number of likely N-dealkylation sites (tertiary alicyclic amines) is 1. The standard InChI is InChI=1S/C21H30O2.C20H25N3O.C17H19NO3.C11H8N2O2.C8H5F5.C8H8N2O4.C7H5F4N.CH4/c1-5-6-7-8-15-12-18(22)20-16-11-14(2)9-10-17(16)21(3,4)23-19(20)13-15;1-4-23(5-2)20(24)14-9-16-15-7-6-8-17-19(15)13(11-21-17)10-18(16)22(3)12-14;1-18-7-6-17-10-3-5-13(20)16(17)21-15-12(19)4-2-9(14(15)17)8-11(10)18;1-2-3-7-4-10(14)8(5-12)9(6-13)11(7)15;1-2-3-4(9)6(11)8(13)7(12)5(3)10;1-2-6-3-4-7(9(11)12)5-8(6)10(13)14;1-2-3-4(8)6(10)12-7(11)5(3)9;/h11-13,16-17,22H,5-10H2,1-4H3;6-9,11,14,18,21H,4-5,10,12H2,1-3H3;2-5,10-11,13,16,19-20H,6-8H2,1H3;4H,2-3H2,1H3;2H2,1H3;3-5H,2H2,1H3;2H2,1H3;1H4/t;14-,18-;10?,11-,13+,16+,17+;;;;;/m.11...../s1. The second-order valence-electron chi connectivity index (χ2n) is 32.1. The molecule has 6 heterocycles. The molecule has 3 unspecified atom stereocenters. The van der Waals surface area contributed by atoms with Gasteiger partial charge in [0.05, 0.1) is 21.8 Å². The number of rotatable bonds is 14. The molecule has 9 atom stereocenters. The average molecular weight is 1710 g/mol. The van der Waals surface area contributed by atoms with Gasteiger partial charge in [-0.25, -0.2) is 30.7 Å². The van der Waals surface area contributed by atoms with Crippen LogP contribution in [0.3, 0.4) is 0 Å². The number of aromatic nitrogens is 2. The van der Waals surface area contributed by atoms with Crippen LogP contribution in [0.5, 0.6) is 23.0 Å². The van der Waals surface area contributed by atoms with Crippen LogP contribution in [0.2, 0.25) is 0 Å². The predicted molar refractivity (Wildman–Crippen MR) is 447 cm³/mol. The largest absolute Gasteiger partial charge is 0.507 e. The van der Waals surface area contributed by atoms with Gasteiger partial charge in [-0.3, -0.25) is 39.5 Å². The minimum absolute atomic E-state index is 0. The molecule has 7 aromatic rings. The minimum atomic E-state index is -2.12. The molecule has 1 saturated heterocycles. The number of nitrogens with one attached hydrogen (secondary N) is 1. The number of allylic oxidation sites excluding steroid dienone is 6. The molecule has 2 bridgehead atoms. The summed E-state index contributed by atoms with van der Waals surface area (Å²) in [6.07, 6.45) is 22.3. The van der Waals surface area contributed by atoms with Gasteiger partial charge < -0.3 is 39.6 Å². The Morgan fingerprint density at radius 1 is 0.748 bits per heavy atom. The van der Waals surface area contributed by atoms with Crippen LogP contribution in [0.15, 0.2) is 120 Å². The van der Waals surface area contributed by atoms with Gasteiger partial charge in [0.25, 0.3) is 23.3 Å². The number of H-pyrrole nitrogens is 1. The highest BCUT2D eigenvalue weighted by Gasteiger charge is 2.64. The number of carbonyl (C=O) groups excluding carboxylic acids is 3. The van der Waals surface area contributed by atoms with Crippen molar-refractivity contribution in [2.75, 3.05) is 40.3 Å². The minimum Gasteiger partial charge on any atom is -0.507 e. The number of nitrogens with zero attached hydrogens (tertiary/aromatic N) is 8. The number of hydrogen-bond donors (Lipinski definition) is 4. The highest BCUT2D eigenvalue weighted by molar-refractivity contribution is 6.26. The molecule has 21 nitrogen and oxygen atoms in total. The fourth-order valence-corrected chi connectivity index (χ4v) is 18.2. The van der Waals surface area contributed by atoms with Gasteiger partial charge in [-0.05, 0) is 190 Å². The Morgan fingerprint density at radius 3 is 2.00 bits per heavy atom. The number of benzene rings is 5. The normalized spacial score (nSPS) is 21.6. The van der Waals surface area contributed by atoms with Gasteiger partial charge in [0.1, 0.15) is 52.6 Å². The molecule has 5 aromatic carbocycles. The van der Waals surface area contributed by atoms with Crippen LogP contribution >= 0.6 is 0 Å². The van der Waals surface area contributed by atoms with E-state index in [-0.39, 0.29) is 83.4 Å². The maximum Gasteiger partial charge on any atom is 0.279 e. The van der Waals surface area contributed by atoms with E-state index >= 15 is 0 Å². The molecule has 1 fully saturated rings. The maximum absolute atomic E-state index is 12.9. The summed E-state index contributed by atoms with van der Waals surface area (Å²) in [4.78, 5) is 68.0. The van der Waals surface area contributed by atoms with Crippen LogP contribution in [0, 0.1) is 113 Å². The van der Waals surface area contributed by atoms with Gasteiger partial charge >= 0.3 is 0 Å². The lowest BCUT2D eigenvalue weighted by Crippen LogP contribution is -2.64. The molecule has 4 aliphatic heterocycles. The van der Waals surface area contributed by atoms with E-state index in [2.05, 4.69) is 124 Å². The van der Waals surface area contributed by atoms with Crippen molar-refractivity contribution in [2.45, 2.75) is 208 Å². The van der Waals surface area contributed by atoms with Crippen molar-refractivity contribution in [1.29, 1.82) is 10.5 Å². The molecule has 2 aromatic heterocycles. The number of aryl methyl sites for hydroxylation is 2. The monoisotopic (exact) mass is 1710 g/mol. The number of ether oxygens (including phenoxy) is 2. The van der Waals surface area contributed by atoms with Crippen LogP contribution in [0.25, 0.3) is 16.5 Å². The smallest absolute Gasteiger partial charge is 0.279 e. The van der Waals surface area contributed by atoms with Gasteiger partial charge in [-0.15, -0.1) is 0 Å². The number of unbranched alkanes of at least 4 members (excludes halogenated alkanes) is 2. The van der Waals surface area contributed by atoms with E-state index < -0.39 is 91.3 Å². The number of ketones is 2. The van der Waals surface area contributed by atoms with E-state index in [4.69, 9.17) is 20.0 Å². The van der Waals surface area contributed by atoms with Crippen molar-refractivity contribution >= 4 is 45.3 Å². The number of phenolic OH excluding ortho intramolecular Hbond substituents is 2. The Balaban J connectivity index is 0.000000165. The Labute approximate surface area is 709 Å². The lowest BCUT2D eigenvalue weighted by Gasteiger charge is -2.56. The number of hydrogen-bond acceptors (Lipinski definition) is 17. The van der Waals surface area contributed by atoms with Gasteiger partial charge in [-0.2, -0.15) is 24.3 Å². The van der Waals surface area contributed by atoms with E-state index in [0.29, 0.717) is 65.8 Å². The number of aromatic hydroxyl groups is 2. The Bertz CT molecular complexity index is 5420. The summed E-state index contributed by atoms with van der Waals surface area (Å²) in [5.41, 5.74) is 9.26. The second-order valence-corrected chi connectivity index (χ2v) is 32.1. The SMILES string of the molecule is C.CCCC1=CC(=O)C(C#N)=C(C#N)C1=O.CCCCCc1cc(O)c2c(c1)OC(C)(C)C1CCC(C)=CC21.CCN(CC)C(=O)[C@@H]1C=C2c3cccc4[nH]cc(c34)C[C@H]2N(C)C1.CCc1c(F)c(F)c(F)c(F)c1F.CCc1c(F)c(F)nc(F)c1F.CCc1ccc([N+](=O)[O-])cc1[N+](=O)[O-].CN1CC[C@]23c4c5ccc(O)c4O[C@H]2[C@@H](O)C=CC3[C@H]1C5. The van der Waals surface area contributed by atoms with Gasteiger partial charge in [-0.1, -0.05) is 109 Å². The number of pyridine rings is 1. The number of non-ortho nitro benzene ring substituents is 1. The number of piperidine rings is 1. The molecule has 30 heteroatoms. The van der Waals surface area contributed by atoms with Crippen LogP contribution in [0.1, 0.15) is 184 Å². The molecule has 16 rings (SSSR count). The van der Waals surface area contributed by atoms with Crippen LogP contribution in [-0.2, 0) is 58.3 Å². The Hall–Kier alpha value is -11.5. The molecule has 0 saturated carbocycles. The second kappa shape index (κ2) is 40.2. The van der Waals surface area contributed by atoms with Crippen molar-refractivity contribution in [3.8, 4) is 35.1 Å². The molecule has 656 valence electrons. The summed E-state index contributed by atoms with van der Waals surface area (Å²) < 4.78 is 125. The Morgan fingerprint density at radius 2 is 1.40 bits per heavy atom. The zero-order valence-electron chi connectivity index (χ0n) is 70.1. The lowest BCUT2D eigenvalue weighted by atomic mass is 9.53. The van der Waals surface area contributed by atoms with Crippen molar-refractivity contribution in [3.63, 3.8) is 0 Å². The van der Waals surface area contributed by atoms with E-state index in [1.54, 1.807) is 25.1 Å². The van der Waals surface area contributed by atoms with E-state index in [1.165, 1.54) is 95.1 Å². The summed E-state index contributed by atoms with van der Waals surface area (Å²) in [5.74, 6) is -13.0. The van der Waals surface area contributed by atoms with Crippen LogP contribution < -0.4 is 9.47 Å². The quantitative estimate of drug-likeness (QED) is 0.00905. The number of aromatic amines is 1. The zero-order chi connectivity index (χ0) is 89.4. The number of amides is 1. The molecular formula is C93H104F9N9O12. The van der Waals surface area contributed by atoms with Crippen LogP contribution in [0.4, 0.5) is 50.9 Å². The highest BCUT2D eigenvalue weighted by Crippen LogP contribution is 2.63. The van der Waals surface area contributed by atoms with Crippen molar-refractivity contribution in [1.82, 2.24) is 24.7 Å². The molecule has 1 spiro atoms. The first kappa shape index (κ1) is 95.4. The predicted octanol–water partition coefficient (Wildman–Crippen LogP) is 18.9. The number of nitro benzene ring substituents is 2. The molecule has 123 heavy (non-hydrogen) atoms. The number of phenols is 2. The maximum atomic E-state index is 12.9. The molecular weight excluding hydrogens is 1610 g/mol. The average Bonchev–Trinajstić information content (AvgIpc) is 1.54. The molecule has 9 aliphatic rings. The number of aliphatic hydroxyl groups excluding tert-OH is 1. The third-order valence-electron chi connectivity index (χ3n) is 24.4. The third-order valence-corrected chi connectivity index (χ3v) is 24.4. The topological polar surface area (TPSA) is 303 Å². The first-order valence-corrected chi connectivity index (χ1v) is 41.0. The molecule has 1 amide bonds. The van der Waals surface area contributed by atoms with Gasteiger partial charge in [0.2, 0.25) is 17.5 Å². The fourth-order valence-electron chi connectivity index (χ4n) is 18.2. The first-order chi connectivity index (χ1) is 58.0. The summed E-state index contributed by atoms with van der Waals surface area (Å²) in [6, 6.07) is 22.1. The number of halogens is 9. The number of Topliss-reactive ketones (excluding diaryl/α,β-unsaturated/α-hetero) is 1.